The predicted molar refractivity (Wildman–Crippen MR) is 254 cm³/mol. The largest absolute Gasteiger partial charge is 0.497 e. The molecule has 2 aromatic heterocycles. The fraction of sp³-hybridized carbons (Fsp3) is 0.320. The molecule has 0 aliphatic carbocycles. The lowest BCUT2D eigenvalue weighted by molar-refractivity contribution is -0.150. The van der Waals surface area contributed by atoms with Crippen molar-refractivity contribution in [2.24, 2.45) is 0 Å². The first-order chi connectivity index (χ1) is 33.7. The lowest BCUT2D eigenvalue weighted by atomic mass is 9.80. The third-order valence-electron chi connectivity index (χ3n) is 12.0. The SMILES string of the molecule is COc1ccc(C(OC[C@H]2O[C@@H](n3ccc(NC(=O)c4ccccc4)nc3=O)C[C@@H]2OP(C)(=O)OC[C@H]2O[C@@H](n3cc(C)c(=O)[nH]c3=O)C[C@@H]2OC(C)=O)(c2ccccc2)c2ccc(OC)cc2)cc1. The summed E-state index contributed by atoms with van der Waals surface area (Å²) in [5, 5.41) is 2.65. The third-order valence-corrected chi connectivity index (χ3v) is 13.3. The van der Waals surface area contributed by atoms with Crippen molar-refractivity contribution in [2.45, 2.75) is 69.2 Å². The van der Waals surface area contributed by atoms with Crippen molar-refractivity contribution in [3.05, 3.63) is 187 Å². The average molecular weight is 978 g/mol. The monoisotopic (exact) mass is 977 g/mol. The highest BCUT2D eigenvalue weighted by atomic mass is 31.2. The van der Waals surface area contributed by atoms with E-state index in [1.807, 2.05) is 78.9 Å². The number of carbonyl (C=O) groups excluding carboxylic acids is 2. The smallest absolute Gasteiger partial charge is 0.351 e. The molecule has 7 atom stereocenters. The fourth-order valence-corrected chi connectivity index (χ4v) is 9.73. The average Bonchev–Trinajstić information content (AvgIpc) is 3.95. The zero-order chi connectivity index (χ0) is 49.6. The van der Waals surface area contributed by atoms with E-state index in [1.54, 1.807) is 44.6 Å². The Morgan fingerprint density at radius 3 is 1.91 bits per heavy atom. The zero-order valence-electron chi connectivity index (χ0n) is 38.9. The summed E-state index contributed by atoms with van der Waals surface area (Å²) in [5.41, 5.74) is -0.491. The number of anilines is 1. The lowest BCUT2D eigenvalue weighted by Gasteiger charge is -2.37. The number of H-pyrrole nitrogens is 1. The van der Waals surface area contributed by atoms with Crippen molar-refractivity contribution in [1.29, 1.82) is 0 Å². The molecule has 2 fully saturated rings. The molecule has 2 N–H and O–H groups in total. The highest BCUT2D eigenvalue weighted by Crippen LogP contribution is 2.50. The summed E-state index contributed by atoms with van der Waals surface area (Å²) in [6.45, 7) is 3.42. The van der Waals surface area contributed by atoms with E-state index in [2.05, 4.69) is 15.3 Å². The molecule has 2 aliphatic rings. The van der Waals surface area contributed by atoms with Crippen LogP contribution in [-0.4, -0.2) is 89.5 Å². The van der Waals surface area contributed by atoms with Crippen LogP contribution in [0.15, 0.2) is 142 Å². The van der Waals surface area contributed by atoms with Gasteiger partial charge in [0.2, 0.25) is 0 Å². The van der Waals surface area contributed by atoms with Crippen LogP contribution in [0.1, 0.15) is 64.8 Å². The van der Waals surface area contributed by atoms with Crippen molar-refractivity contribution >= 4 is 25.3 Å². The van der Waals surface area contributed by atoms with Gasteiger partial charge in [-0.1, -0.05) is 72.8 Å². The molecule has 0 bridgehead atoms. The molecule has 1 amide bonds. The number of rotatable bonds is 18. The van der Waals surface area contributed by atoms with Gasteiger partial charge in [0.15, 0.2) is 0 Å². The van der Waals surface area contributed by atoms with Crippen LogP contribution in [0.5, 0.6) is 11.5 Å². The van der Waals surface area contributed by atoms with E-state index in [-0.39, 0.29) is 30.8 Å². The number of aromatic amines is 1. The minimum absolute atomic E-state index is 0.0165. The number of benzene rings is 4. The second kappa shape index (κ2) is 21.3. The first kappa shape index (κ1) is 49.4. The molecule has 0 saturated carbocycles. The van der Waals surface area contributed by atoms with E-state index in [9.17, 15) is 28.5 Å². The number of nitrogens with one attached hydrogen (secondary N) is 2. The summed E-state index contributed by atoms with van der Waals surface area (Å²) in [6, 6.07) is 34.4. The molecule has 0 radical (unpaired) electrons. The summed E-state index contributed by atoms with van der Waals surface area (Å²) in [4.78, 5) is 70.0. The van der Waals surface area contributed by atoms with E-state index in [0.29, 0.717) is 17.1 Å². The quantitative estimate of drug-likeness (QED) is 0.0563. The maximum absolute atomic E-state index is 14.5. The number of ether oxygens (including phenoxy) is 6. The molecule has 4 aromatic carbocycles. The lowest BCUT2D eigenvalue weighted by Crippen LogP contribution is -2.38. The van der Waals surface area contributed by atoms with Crippen molar-refractivity contribution < 1.29 is 51.6 Å². The standard InChI is InChI=1S/C50H52N5O14P/c1-31-28-55(49(60)53-46(31)57)45-26-39(66-32(2)56)42(68-45)30-65-70(5,61)69-40-27-44(54-25-24-43(52-48(54)59)51-47(58)33-12-8-6-9-13-33)67-41(40)29-64-50(34-14-10-7-11-15-34,35-16-20-37(62-3)21-17-35)36-18-22-38(63-4)23-19-36/h6-25,28,39-42,44-45H,26-27,29-30H2,1-5H3,(H,53,57,60)(H,51,52,58,59)/t39-,40-,41+,42+,44+,45+,70?/m0/s1. The maximum Gasteiger partial charge on any atom is 0.351 e. The Morgan fingerprint density at radius 2 is 1.33 bits per heavy atom. The number of nitrogens with zero attached hydrogens (tertiary/aromatic N) is 3. The highest BCUT2D eigenvalue weighted by Gasteiger charge is 2.46. The summed E-state index contributed by atoms with van der Waals surface area (Å²) in [6.07, 6.45) is -3.23. The Hall–Kier alpha value is -6.99. The Kier molecular flexibility index (Phi) is 15.1. The van der Waals surface area contributed by atoms with Gasteiger partial charge in [-0.25, -0.2) is 9.59 Å². The van der Waals surface area contributed by atoms with Gasteiger partial charge in [0.1, 0.15) is 53.7 Å². The van der Waals surface area contributed by atoms with Gasteiger partial charge < -0.3 is 42.8 Å². The van der Waals surface area contributed by atoms with Crippen molar-refractivity contribution in [3.8, 4) is 11.5 Å². The maximum atomic E-state index is 14.5. The number of esters is 1. The van der Waals surface area contributed by atoms with Gasteiger partial charge in [0, 0.05) is 50.0 Å². The Bertz CT molecular complexity index is 2970. The van der Waals surface area contributed by atoms with Crippen molar-refractivity contribution in [1.82, 2.24) is 19.1 Å². The molecule has 8 rings (SSSR count). The first-order valence-electron chi connectivity index (χ1n) is 22.3. The Balaban J connectivity index is 1.10. The minimum atomic E-state index is -4.10. The molecule has 70 heavy (non-hydrogen) atoms. The topological polar surface area (TPSA) is 227 Å². The van der Waals surface area contributed by atoms with Crippen LogP contribution < -0.4 is 31.7 Å². The van der Waals surface area contributed by atoms with Gasteiger partial charge >= 0.3 is 24.9 Å². The molecule has 1 unspecified atom stereocenters. The van der Waals surface area contributed by atoms with Crippen LogP contribution in [0.4, 0.5) is 5.82 Å². The minimum Gasteiger partial charge on any atom is -0.497 e. The molecule has 19 nitrogen and oxygen atoms in total. The molecule has 2 saturated heterocycles. The number of methoxy groups -OCH3 is 2. The summed E-state index contributed by atoms with van der Waals surface area (Å²) in [7, 11) is -0.946. The van der Waals surface area contributed by atoms with Crippen LogP contribution in [0, 0.1) is 6.92 Å². The second-order valence-electron chi connectivity index (χ2n) is 16.7. The number of aromatic nitrogens is 4. The van der Waals surface area contributed by atoms with E-state index in [4.69, 9.17) is 37.5 Å². The molecule has 366 valence electrons. The molecule has 20 heteroatoms. The molecular weight excluding hydrogens is 926 g/mol. The summed E-state index contributed by atoms with van der Waals surface area (Å²) in [5.74, 6) is 0.183. The van der Waals surface area contributed by atoms with E-state index < -0.39 is 85.5 Å². The number of hydrogen-bond acceptors (Lipinski definition) is 15. The second-order valence-corrected chi connectivity index (χ2v) is 18.7. The van der Waals surface area contributed by atoms with Crippen LogP contribution in [0.2, 0.25) is 0 Å². The van der Waals surface area contributed by atoms with E-state index in [0.717, 1.165) is 16.7 Å². The zero-order valence-corrected chi connectivity index (χ0v) is 39.8. The van der Waals surface area contributed by atoms with Gasteiger partial charge in [-0.3, -0.25) is 33.1 Å². The van der Waals surface area contributed by atoms with Crippen LogP contribution in [0.3, 0.4) is 0 Å². The van der Waals surface area contributed by atoms with Crippen molar-refractivity contribution in [3.63, 3.8) is 0 Å². The highest BCUT2D eigenvalue weighted by molar-refractivity contribution is 7.53. The Morgan fingerprint density at radius 1 is 0.771 bits per heavy atom. The third kappa shape index (κ3) is 11.0. The van der Waals surface area contributed by atoms with Crippen LogP contribution in [0.25, 0.3) is 0 Å². The number of aryl methyl sites for hydroxylation is 1. The Labute approximate surface area is 401 Å². The molecular formula is C50H52N5O14P. The van der Waals surface area contributed by atoms with Gasteiger partial charge in [-0.15, -0.1) is 0 Å². The van der Waals surface area contributed by atoms with E-state index >= 15 is 0 Å². The fourth-order valence-electron chi connectivity index (χ4n) is 8.54. The molecule has 2 aliphatic heterocycles. The number of carbonyl (C=O) groups is 2. The van der Waals surface area contributed by atoms with Crippen molar-refractivity contribution in [2.75, 3.05) is 39.4 Å². The van der Waals surface area contributed by atoms with Gasteiger partial charge in [0.05, 0.1) is 33.5 Å². The van der Waals surface area contributed by atoms with Crippen LogP contribution >= 0.6 is 7.60 Å². The molecule has 4 heterocycles. The number of hydrogen-bond donors (Lipinski definition) is 2. The first-order valence-corrected chi connectivity index (χ1v) is 24.3. The predicted octanol–water partition coefficient (Wildman–Crippen LogP) is 6.11. The van der Waals surface area contributed by atoms with Crippen LogP contribution in [-0.2, 0) is 43.0 Å². The number of amides is 1. The van der Waals surface area contributed by atoms with Gasteiger partial charge in [-0.05, 0) is 66.1 Å². The van der Waals surface area contributed by atoms with E-state index in [1.165, 1.54) is 48.1 Å². The van der Waals surface area contributed by atoms with Gasteiger partial charge in [-0.2, -0.15) is 4.98 Å². The molecule has 0 spiro atoms. The summed E-state index contributed by atoms with van der Waals surface area (Å²) >= 11 is 0. The van der Waals surface area contributed by atoms with Gasteiger partial charge in [0.25, 0.3) is 11.5 Å². The molecule has 6 aromatic rings. The summed E-state index contributed by atoms with van der Waals surface area (Å²) < 4.78 is 65.7. The normalized spacial score (nSPS) is 20.9.